The molecule has 3 aliphatic carbocycles. The maximum absolute atomic E-state index is 13.5. The van der Waals surface area contributed by atoms with Gasteiger partial charge >= 0.3 is 0 Å². The second-order valence-corrected chi connectivity index (χ2v) is 14.6. The Morgan fingerprint density at radius 3 is 2.42 bits per heavy atom. The minimum atomic E-state index is -1.01. The van der Waals surface area contributed by atoms with Crippen LogP contribution in [0.3, 0.4) is 0 Å². The molecule has 6 aliphatic rings. The summed E-state index contributed by atoms with van der Waals surface area (Å²) >= 11 is 0. The molecule has 2 aromatic carbocycles. The zero-order valence-corrected chi connectivity index (χ0v) is 28.5. The van der Waals surface area contributed by atoms with Crippen LogP contribution >= 0.6 is 0 Å². The van der Waals surface area contributed by atoms with Crippen LogP contribution in [-0.4, -0.2) is 112 Å². The van der Waals surface area contributed by atoms with Crippen molar-refractivity contribution in [2.75, 3.05) is 51.7 Å². The number of nitrogen functional groups attached to an aromatic ring is 1. The van der Waals surface area contributed by atoms with Gasteiger partial charge in [0, 0.05) is 56.2 Å². The Hall–Kier alpha value is -5.57. The minimum Gasteiger partial charge on any atom is -0.507 e. The van der Waals surface area contributed by atoms with E-state index in [9.17, 15) is 29.1 Å². The highest BCUT2D eigenvalue weighted by molar-refractivity contribution is 6.23. The predicted octanol–water partition coefficient (Wildman–Crippen LogP) is 1.99. The average Bonchev–Trinajstić information content (AvgIpc) is 3.35. The van der Waals surface area contributed by atoms with E-state index in [4.69, 9.17) is 15.2 Å². The molecule has 0 spiro atoms. The van der Waals surface area contributed by atoms with Crippen LogP contribution in [0.1, 0.15) is 59.2 Å². The number of nitrogens with one attached hydrogen (secondary N) is 1. The molecule has 4 N–H and O–H groups in total. The highest BCUT2D eigenvalue weighted by Gasteiger charge is 2.72. The summed E-state index contributed by atoms with van der Waals surface area (Å²) in [5.74, 6) is -0.804. The van der Waals surface area contributed by atoms with E-state index in [0.29, 0.717) is 49.1 Å². The molecule has 3 aromatic rings. The quantitative estimate of drug-likeness (QED) is 0.194. The molecule has 3 saturated carbocycles. The van der Waals surface area contributed by atoms with Gasteiger partial charge in [-0.15, -0.1) is 10.2 Å². The van der Waals surface area contributed by atoms with Gasteiger partial charge in [-0.3, -0.25) is 39.1 Å². The van der Waals surface area contributed by atoms with Crippen LogP contribution in [0.15, 0.2) is 48.5 Å². The SMILES string of the molecule is Nc1nnc(-c2ccccc2O)cc1OCC12CC(C(=O)N3CCN(CCCOc4ccc5c(c4)C(=O)N(C4CCC(=O)NC4=O)C5=O)CC3)(C1)C2. The van der Waals surface area contributed by atoms with Crippen molar-refractivity contribution in [1.29, 1.82) is 0 Å². The highest BCUT2D eigenvalue weighted by Crippen LogP contribution is 2.73. The lowest BCUT2D eigenvalue weighted by Crippen LogP contribution is -2.70. The van der Waals surface area contributed by atoms with Gasteiger partial charge in [-0.2, -0.15) is 0 Å². The maximum Gasteiger partial charge on any atom is 0.262 e. The minimum absolute atomic E-state index is 0.0448. The van der Waals surface area contributed by atoms with Crippen LogP contribution in [-0.2, 0) is 14.4 Å². The Labute approximate surface area is 299 Å². The number of rotatable bonds is 11. The van der Waals surface area contributed by atoms with Crippen molar-refractivity contribution in [2.24, 2.45) is 10.8 Å². The first kappa shape index (κ1) is 33.6. The number of aromatic nitrogens is 2. The van der Waals surface area contributed by atoms with E-state index >= 15 is 0 Å². The summed E-state index contributed by atoms with van der Waals surface area (Å²) in [7, 11) is 0. The van der Waals surface area contributed by atoms with Crippen LogP contribution in [0.25, 0.3) is 11.3 Å². The Bertz CT molecular complexity index is 1970. The van der Waals surface area contributed by atoms with Gasteiger partial charge < -0.3 is 25.2 Å². The summed E-state index contributed by atoms with van der Waals surface area (Å²) in [6.45, 7) is 4.52. The Morgan fingerprint density at radius 1 is 0.923 bits per heavy atom. The van der Waals surface area contributed by atoms with Crippen LogP contribution < -0.4 is 20.5 Å². The highest BCUT2D eigenvalue weighted by atomic mass is 16.5. The van der Waals surface area contributed by atoms with Crippen LogP contribution in [0.4, 0.5) is 5.82 Å². The number of phenols is 1. The fraction of sp³-hybridized carbons (Fsp3) is 0.432. The number of phenolic OH excluding ortho intramolecular Hbond substituents is 1. The van der Waals surface area contributed by atoms with Crippen molar-refractivity contribution in [3.63, 3.8) is 0 Å². The number of ether oxygens (including phenoxy) is 2. The molecule has 15 heteroatoms. The van der Waals surface area contributed by atoms with E-state index in [1.165, 1.54) is 12.1 Å². The van der Waals surface area contributed by atoms with Crippen molar-refractivity contribution >= 4 is 35.4 Å². The van der Waals surface area contributed by atoms with Gasteiger partial charge in [-0.1, -0.05) is 12.1 Å². The van der Waals surface area contributed by atoms with Gasteiger partial charge in [-0.25, -0.2) is 0 Å². The molecule has 15 nitrogen and oxygen atoms in total. The normalized spacial score (nSPS) is 25.3. The summed E-state index contributed by atoms with van der Waals surface area (Å²) in [4.78, 5) is 68.6. The van der Waals surface area contributed by atoms with Gasteiger partial charge in [0.2, 0.25) is 17.7 Å². The Balaban J connectivity index is 0.759. The van der Waals surface area contributed by atoms with Gasteiger partial charge in [0.05, 0.1) is 29.8 Å². The largest absolute Gasteiger partial charge is 0.507 e. The van der Waals surface area contributed by atoms with E-state index < -0.39 is 29.7 Å². The third-order valence-electron chi connectivity index (χ3n) is 11.1. The first-order valence-electron chi connectivity index (χ1n) is 17.6. The Kier molecular flexibility index (Phi) is 8.32. The first-order chi connectivity index (χ1) is 25.0. The lowest BCUT2D eigenvalue weighted by molar-refractivity contribution is -0.226. The monoisotopic (exact) mass is 709 g/mol. The summed E-state index contributed by atoms with van der Waals surface area (Å²) in [5.41, 5.74) is 7.10. The molecule has 2 bridgehead atoms. The molecular formula is C37H39N7O8. The predicted molar refractivity (Wildman–Crippen MR) is 184 cm³/mol. The van der Waals surface area contributed by atoms with Crippen molar-refractivity contribution in [1.82, 2.24) is 30.2 Å². The van der Waals surface area contributed by atoms with E-state index in [2.05, 4.69) is 20.4 Å². The van der Waals surface area contributed by atoms with Gasteiger partial charge in [0.15, 0.2) is 11.6 Å². The number of amides is 5. The van der Waals surface area contributed by atoms with Crippen molar-refractivity contribution in [2.45, 2.75) is 44.6 Å². The number of carbonyl (C=O) groups is 5. The maximum atomic E-state index is 13.5. The zero-order chi connectivity index (χ0) is 36.2. The lowest BCUT2D eigenvalue weighted by atomic mass is 9.35. The number of aromatic hydroxyl groups is 1. The number of carbonyl (C=O) groups excluding carboxylic acids is 5. The summed E-state index contributed by atoms with van der Waals surface area (Å²) in [6, 6.07) is 12.3. The molecule has 9 rings (SSSR count). The second-order valence-electron chi connectivity index (χ2n) is 14.6. The number of anilines is 1. The molecule has 52 heavy (non-hydrogen) atoms. The smallest absolute Gasteiger partial charge is 0.262 e. The van der Waals surface area contributed by atoms with Gasteiger partial charge in [-0.05, 0) is 62.4 Å². The molecule has 4 heterocycles. The molecule has 5 amide bonds. The second kappa shape index (κ2) is 12.9. The van der Waals surface area contributed by atoms with E-state index in [1.54, 1.807) is 36.4 Å². The van der Waals surface area contributed by atoms with Crippen molar-refractivity contribution in [3.05, 3.63) is 59.7 Å². The van der Waals surface area contributed by atoms with Crippen LogP contribution in [0.5, 0.6) is 17.2 Å². The number of para-hydroxylation sites is 1. The van der Waals surface area contributed by atoms with E-state index in [-0.39, 0.29) is 52.3 Å². The van der Waals surface area contributed by atoms with Crippen LogP contribution in [0, 0.1) is 10.8 Å². The third kappa shape index (κ3) is 5.88. The zero-order valence-electron chi connectivity index (χ0n) is 28.5. The fourth-order valence-corrected chi connectivity index (χ4v) is 8.46. The average molecular weight is 710 g/mol. The van der Waals surface area contributed by atoms with E-state index in [0.717, 1.165) is 50.2 Å². The number of piperazine rings is 1. The molecule has 1 atom stereocenters. The van der Waals surface area contributed by atoms with Gasteiger partial charge in [0.1, 0.15) is 23.2 Å². The number of imide groups is 2. The number of fused-ring (bicyclic) bond motifs is 1. The van der Waals surface area contributed by atoms with E-state index in [1.807, 2.05) is 4.90 Å². The molecule has 1 aromatic heterocycles. The van der Waals surface area contributed by atoms with Crippen molar-refractivity contribution in [3.8, 4) is 28.5 Å². The summed E-state index contributed by atoms with van der Waals surface area (Å²) in [6.07, 6.45) is 3.27. The first-order valence-corrected chi connectivity index (χ1v) is 17.6. The third-order valence-corrected chi connectivity index (χ3v) is 11.1. The Morgan fingerprint density at radius 2 is 1.67 bits per heavy atom. The van der Waals surface area contributed by atoms with Gasteiger partial charge in [0.25, 0.3) is 11.8 Å². The molecule has 1 unspecified atom stereocenters. The van der Waals surface area contributed by atoms with Crippen LogP contribution in [0.2, 0.25) is 0 Å². The molecule has 5 fully saturated rings. The van der Waals surface area contributed by atoms with Crippen molar-refractivity contribution < 1.29 is 38.6 Å². The number of hydrogen-bond acceptors (Lipinski definition) is 12. The fourth-order valence-electron chi connectivity index (χ4n) is 8.46. The number of nitrogens with zero attached hydrogens (tertiary/aromatic N) is 5. The molecule has 270 valence electrons. The number of benzene rings is 2. The number of hydrogen-bond donors (Lipinski definition) is 3. The number of piperidine rings is 1. The lowest BCUT2D eigenvalue weighted by Gasteiger charge is -2.69. The molecule has 3 aliphatic heterocycles. The molecule has 2 saturated heterocycles. The molecular weight excluding hydrogens is 670 g/mol. The number of nitrogens with two attached hydrogens (primary N) is 1. The standard InChI is InChI=1S/C37H39N7O8/c38-31-29(17-26(40-41-31)24-4-1-2-5-28(24)45)52-21-36-18-37(19-36,20-36)35(50)43-13-11-42(12-14-43)10-3-15-51-22-6-7-23-25(16-22)34(49)44(33(23)48)27-8-9-30(46)39-32(27)47/h1-2,4-7,16-17,27,45H,3,8-15,18-21H2,(H2,38,41)(H,39,46,47). The topological polar surface area (TPSA) is 198 Å². The summed E-state index contributed by atoms with van der Waals surface area (Å²) < 4.78 is 12.0. The summed E-state index contributed by atoms with van der Waals surface area (Å²) in [5, 5.41) is 20.5. The molecule has 0 radical (unpaired) electrons.